The molecule has 0 fully saturated rings. The molecule has 5 nitrogen and oxygen atoms in total. The Kier molecular flexibility index (Phi) is 5.98. The number of rotatable bonds is 7. The van der Waals surface area contributed by atoms with Gasteiger partial charge in [-0.05, 0) is 24.5 Å². The van der Waals surface area contributed by atoms with Gasteiger partial charge in [0.15, 0.2) is 11.2 Å². The summed E-state index contributed by atoms with van der Waals surface area (Å²) in [5.74, 6) is 0.713. The summed E-state index contributed by atoms with van der Waals surface area (Å²) in [7, 11) is 0. The number of thiazole rings is 1. The third-order valence-corrected chi connectivity index (χ3v) is 4.18. The molecule has 124 valence electrons. The van der Waals surface area contributed by atoms with Crippen molar-refractivity contribution in [2.24, 2.45) is 5.92 Å². The number of aromatic nitrogens is 1. The molecule has 1 amide bonds. The highest BCUT2D eigenvalue weighted by molar-refractivity contribution is 7.13. The largest absolute Gasteiger partial charge is 0.480 e. The van der Waals surface area contributed by atoms with E-state index in [0.717, 1.165) is 17.0 Å². The van der Waals surface area contributed by atoms with Crippen LogP contribution in [0, 0.1) is 12.8 Å². The second-order valence-corrected chi connectivity index (χ2v) is 6.66. The van der Waals surface area contributed by atoms with Gasteiger partial charge in [-0.25, -0.2) is 4.98 Å². The summed E-state index contributed by atoms with van der Waals surface area (Å²) < 4.78 is 5.93. The third kappa shape index (κ3) is 4.96. The normalized spacial score (nSPS) is 12.2. The van der Waals surface area contributed by atoms with Gasteiger partial charge < -0.3 is 15.8 Å². The van der Waals surface area contributed by atoms with Crippen LogP contribution < -0.4 is 15.8 Å². The fraction of sp³-hybridized carbons (Fsp3) is 0.412. The van der Waals surface area contributed by atoms with Gasteiger partial charge in [-0.1, -0.05) is 32.0 Å². The summed E-state index contributed by atoms with van der Waals surface area (Å²) in [5.41, 5.74) is 7.51. The fourth-order valence-corrected chi connectivity index (χ4v) is 2.77. The van der Waals surface area contributed by atoms with Gasteiger partial charge in [-0.2, -0.15) is 0 Å². The summed E-state index contributed by atoms with van der Waals surface area (Å²) in [4.78, 5) is 16.6. The van der Waals surface area contributed by atoms with Crippen molar-refractivity contribution in [3.8, 4) is 5.75 Å². The maximum Gasteiger partial charge on any atom is 0.261 e. The van der Waals surface area contributed by atoms with E-state index >= 15 is 0 Å². The lowest BCUT2D eigenvalue weighted by Gasteiger charge is -2.22. The number of ether oxygens (including phenoxy) is 1. The average Bonchev–Trinajstić information content (AvgIpc) is 2.91. The number of nitrogen functional groups attached to an aromatic ring is 1. The van der Waals surface area contributed by atoms with Crippen LogP contribution in [0.5, 0.6) is 5.75 Å². The smallest absolute Gasteiger partial charge is 0.261 e. The lowest BCUT2D eigenvalue weighted by molar-refractivity contribution is -0.129. The Bertz CT molecular complexity index is 655. The number of aryl methyl sites for hydroxylation is 1. The molecule has 1 atom stereocenters. The van der Waals surface area contributed by atoms with Crippen LogP contribution >= 0.6 is 11.3 Å². The SMILES string of the molecule is Cc1ccccc1OC(C(=O)NCCc1csc(N)n1)C(C)C. The van der Waals surface area contributed by atoms with Gasteiger partial charge in [0, 0.05) is 18.3 Å². The van der Waals surface area contributed by atoms with Crippen LogP contribution in [0.25, 0.3) is 0 Å². The molecule has 0 aliphatic carbocycles. The van der Waals surface area contributed by atoms with Gasteiger partial charge >= 0.3 is 0 Å². The molecule has 0 bridgehead atoms. The molecular formula is C17H23N3O2S. The van der Waals surface area contributed by atoms with Crippen molar-refractivity contribution < 1.29 is 9.53 Å². The van der Waals surface area contributed by atoms with Crippen molar-refractivity contribution >= 4 is 22.4 Å². The standard InChI is InChI=1S/C17H23N3O2S/c1-11(2)15(22-14-7-5-4-6-12(14)3)16(21)19-9-8-13-10-23-17(18)20-13/h4-7,10-11,15H,8-9H2,1-3H3,(H2,18,20)(H,19,21). The Labute approximate surface area is 140 Å². The number of hydrogen-bond acceptors (Lipinski definition) is 5. The molecule has 0 aliphatic rings. The number of para-hydroxylation sites is 1. The van der Waals surface area contributed by atoms with Crippen molar-refractivity contribution in [3.05, 3.63) is 40.9 Å². The van der Waals surface area contributed by atoms with Crippen LogP contribution in [0.1, 0.15) is 25.1 Å². The number of nitrogens with zero attached hydrogens (tertiary/aromatic N) is 1. The summed E-state index contributed by atoms with van der Waals surface area (Å²) in [6.45, 7) is 6.44. The zero-order valence-corrected chi connectivity index (χ0v) is 14.5. The van der Waals surface area contributed by atoms with E-state index in [1.54, 1.807) is 0 Å². The second kappa shape index (κ2) is 7.97. The minimum atomic E-state index is -0.517. The van der Waals surface area contributed by atoms with Gasteiger partial charge in [0.25, 0.3) is 5.91 Å². The molecule has 2 aromatic rings. The Balaban J connectivity index is 1.92. The van der Waals surface area contributed by atoms with E-state index < -0.39 is 6.10 Å². The van der Waals surface area contributed by atoms with Gasteiger partial charge in [0.2, 0.25) is 0 Å². The van der Waals surface area contributed by atoms with Crippen LogP contribution in [0.15, 0.2) is 29.6 Å². The number of anilines is 1. The van der Waals surface area contributed by atoms with E-state index in [2.05, 4.69) is 10.3 Å². The maximum absolute atomic E-state index is 12.4. The van der Waals surface area contributed by atoms with Crippen molar-refractivity contribution in [2.75, 3.05) is 12.3 Å². The minimum Gasteiger partial charge on any atom is -0.480 e. The first-order chi connectivity index (χ1) is 11.0. The van der Waals surface area contributed by atoms with Crippen LogP contribution in [0.4, 0.5) is 5.13 Å². The van der Waals surface area contributed by atoms with E-state index in [0.29, 0.717) is 18.1 Å². The minimum absolute atomic E-state index is 0.0736. The van der Waals surface area contributed by atoms with Crippen molar-refractivity contribution in [3.63, 3.8) is 0 Å². The lowest BCUT2D eigenvalue weighted by atomic mass is 10.1. The number of carbonyl (C=O) groups excluding carboxylic acids is 1. The van der Waals surface area contributed by atoms with E-state index in [-0.39, 0.29) is 11.8 Å². The van der Waals surface area contributed by atoms with Gasteiger partial charge in [0.1, 0.15) is 5.75 Å². The van der Waals surface area contributed by atoms with Crippen molar-refractivity contribution in [2.45, 2.75) is 33.3 Å². The third-order valence-electron chi connectivity index (χ3n) is 3.46. The van der Waals surface area contributed by atoms with E-state index in [1.807, 2.05) is 50.4 Å². The van der Waals surface area contributed by atoms with Gasteiger partial charge in [-0.15, -0.1) is 11.3 Å². The molecular weight excluding hydrogens is 310 g/mol. The number of hydrogen-bond donors (Lipinski definition) is 2. The number of nitrogens with two attached hydrogens (primary N) is 1. The Hall–Kier alpha value is -2.08. The maximum atomic E-state index is 12.4. The first kappa shape index (κ1) is 17.3. The zero-order chi connectivity index (χ0) is 16.8. The molecule has 1 heterocycles. The van der Waals surface area contributed by atoms with Crippen LogP contribution in [-0.2, 0) is 11.2 Å². The molecule has 23 heavy (non-hydrogen) atoms. The van der Waals surface area contributed by atoms with E-state index in [9.17, 15) is 4.79 Å². The van der Waals surface area contributed by atoms with Crippen LogP contribution in [-0.4, -0.2) is 23.5 Å². The predicted molar refractivity (Wildman–Crippen MR) is 93.7 cm³/mol. The quantitative estimate of drug-likeness (QED) is 0.817. The molecule has 0 saturated carbocycles. The fourth-order valence-electron chi connectivity index (χ4n) is 2.17. The molecule has 1 aromatic heterocycles. The number of carbonyl (C=O) groups is 1. The molecule has 1 unspecified atom stereocenters. The van der Waals surface area contributed by atoms with E-state index in [1.165, 1.54) is 11.3 Å². The van der Waals surface area contributed by atoms with Crippen molar-refractivity contribution in [1.82, 2.24) is 10.3 Å². The molecule has 6 heteroatoms. The van der Waals surface area contributed by atoms with Crippen molar-refractivity contribution in [1.29, 1.82) is 0 Å². The number of amides is 1. The average molecular weight is 333 g/mol. The highest BCUT2D eigenvalue weighted by Crippen LogP contribution is 2.20. The highest BCUT2D eigenvalue weighted by Gasteiger charge is 2.24. The first-order valence-electron chi connectivity index (χ1n) is 7.67. The second-order valence-electron chi connectivity index (χ2n) is 5.77. The van der Waals surface area contributed by atoms with E-state index in [4.69, 9.17) is 10.5 Å². The molecule has 0 aliphatic heterocycles. The monoisotopic (exact) mass is 333 g/mol. The first-order valence-corrected chi connectivity index (χ1v) is 8.55. The zero-order valence-electron chi connectivity index (χ0n) is 13.7. The Morgan fingerprint density at radius 3 is 2.74 bits per heavy atom. The van der Waals surface area contributed by atoms with Gasteiger partial charge in [0.05, 0.1) is 5.69 Å². The summed E-state index contributed by atoms with van der Waals surface area (Å²) in [6.07, 6.45) is 0.144. The Morgan fingerprint density at radius 1 is 1.39 bits per heavy atom. The van der Waals surface area contributed by atoms with Crippen LogP contribution in [0.2, 0.25) is 0 Å². The molecule has 0 radical (unpaired) electrons. The summed E-state index contributed by atoms with van der Waals surface area (Å²) in [6, 6.07) is 7.71. The number of nitrogens with one attached hydrogen (secondary N) is 1. The molecule has 3 N–H and O–H groups in total. The molecule has 1 aromatic carbocycles. The highest BCUT2D eigenvalue weighted by atomic mass is 32.1. The predicted octanol–water partition coefficient (Wildman–Crippen LogP) is 2.80. The molecule has 0 spiro atoms. The topological polar surface area (TPSA) is 77.2 Å². The van der Waals surface area contributed by atoms with Gasteiger partial charge in [-0.3, -0.25) is 4.79 Å². The van der Waals surface area contributed by atoms with Crippen LogP contribution in [0.3, 0.4) is 0 Å². The summed E-state index contributed by atoms with van der Waals surface area (Å²) in [5, 5.41) is 5.38. The lowest BCUT2D eigenvalue weighted by Crippen LogP contribution is -2.42. The molecule has 0 saturated heterocycles. The number of benzene rings is 1. The molecule has 2 rings (SSSR count). The summed E-state index contributed by atoms with van der Waals surface area (Å²) >= 11 is 1.41. The Morgan fingerprint density at radius 2 is 2.13 bits per heavy atom.